The van der Waals surface area contributed by atoms with Crippen molar-refractivity contribution in [1.29, 1.82) is 0 Å². The molecule has 0 fully saturated rings. The second-order valence-corrected chi connectivity index (χ2v) is 7.33. The highest BCUT2D eigenvalue weighted by atomic mass is 16.3. The summed E-state index contributed by atoms with van der Waals surface area (Å²) in [4.78, 5) is 0. The number of rotatable bonds is 6. The van der Waals surface area contributed by atoms with E-state index in [1.807, 2.05) is 0 Å². The van der Waals surface area contributed by atoms with Crippen molar-refractivity contribution in [2.24, 2.45) is 11.8 Å². The molecule has 1 aromatic carbocycles. The van der Waals surface area contributed by atoms with Gasteiger partial charge in [-0.25, -0.2) is 0 Å². The SMILES string of the molecule is CCCC[C@H]1C=Cc2cc3c(cc2[C@H]1O)C=C[C@H](CCCC)[C@@H]3O. The molecule has 0 heterocycles. The molecule has 0 bridgehead atoms. The van der Waals surface area contributed by atoms with Crippen molar-refractivity contribution in [3.63, 3.8) is 0 Å². The minimum Gasteiger partial charge on any atom is -0.388 e. The summed E-state index contributed by atoms with van der Waals surface area (Å²) in [5.74, 6) is 0.426. The van der Waals surface area contributed by atoms with Gasteiger partial charge >= 0.3 is 0 Å². The summed E-state index contributed by atoms with van der Waals surface area (Å²) in [6.45, 7) is 4.37. The standard InChI is InChI=1S/C22H30O2/c1-3-5-7-15-9-11-17-14-20-18(13-19(17)21(15)23)12-10-16(22(20)24)8-6-4-2/h9-16,21-24H,3-8H2,1-2H3/t15-,16-,21-,22-/m0/s1. The lowest BCUT2D eigenvalue weighted by atomic mass is 9.78. The molecule has 0 radical (unpaired) electrons. The van der Waals surface area contributed by atoms with Gasteiger partial charge in [-0.15, -0.1) is 0 Å². The van der Waals surface area contributed by atoms with Crippen LogP contribution in [0.5, 0.6) is 0 Å². The van der Waals surface area contributed by atoms with Gasteiger partial charge in [0.05, 0.1) is 12.2 Å². The first-order valence-corrected chi connectivity index (χ1v) is 9.56. The van der Waals surface area contributed by atoms with Crippen LogP contribution >= 0.6 is 0 Å². The zero-order chi connectivity index (χ0) is 17.1. The minimum atomic E-state index is -0.426. The summed E-state index contributed by atoms with van der Waals surface area (Å²) in [6, 6.07) is 4.18. The van der Waals surface area contributed by atoms with Crippen LogP contribution in [-0.2, 0) is 0 Å². The van der Waals surface area contributed by atoms with Crippen LogP contribution in [-0.4, -0.2) is 10.2 Å². The van der Waals surface area contributed by atoms with Gasteiger partial charge in [0.2, 0.25) is 0 Å². The quantitative estimate of drug-likeness (QED) is 0.733. The Morgan fingerprint density at radius 2 is 1.17 bits per heavy atom. The smallest absolute Gasteiger partial charge is 0.0858 e. The fourth-order valence-corrected chi connectivity index (χ4v) is 3.98. The average Bonchev–Trinajstić information content (AvgIpc) is 2.60. The van der Waals surface area contributed by atoms with Crippen molar-refractivity contribution in [1.82, 2.24) is 0 Å². The summed E-state index contributed by atoms with van der Waals surface area (Å²) in [7, 11) is 0. The van der Waals surface area contributed by atoms with Crippen LogP contribution in [0, 0.1) is 11.8 Å². The lowest BCUT2D eigenvalue weighted by Crippen LogP contribution is -2.19. The van der Waals surface area contributed by atoms with Gasteiger partial charge in [0, 0.05) is 11.8 Å². The number of fused-ring (bicyclic) bond motifs is 2. The first kappa shape index (κ1) is 17.4. The minimum absolute atomic E-state index is 0.213. The van der Waals surface area contributed by atoms with Gasteiger partial charge in [-0.3, -0.25) is 0 Å². The normalized spacial score (nSPS) is 27.8. The van der Waals surface area contributed by atoms with Crippen molar-refractivity contribution in [2.45, 2.75) is 64.6 Å². The Bertz CT molecular complexity index is 573. The van der Waals surface area contributed by atoms with Gasteiger partial charge in [0.1, 0.15) is 0 Å². The monoisotopic (exact) mass is 326 g/mol. The summed E-state index contributed by atoms with van der Waals surface area (Å²) in [5, 5.41) is 21.5. The fraction of sp³-hybridized carbons (Fsp3) is 0.545. The molecule has 2 nitrogen and oxygen atoms in total. The number of unbranched alkanes of at least 4 members (excludes halogenated alkanes) is 2. The third-order valence-corrected chi connectivity index (χ3v) is 5.57. The maximum Gasteiger partial charge on any atom is 0.0858 e. The lowest BCUT2D eigenvalue weighted by molar-refractivity contribution is 0.120. The van der Waals surface area contributed by atoms with E-state index in [9.17, 15) is 10.2 Å². The molecule has 24 heavy (non-hydrogen) atoms. The third kappa shape index (κ3) is 3.36. The number of hydrogen-bond donors (Lipinski definition) is 2. The van der Waals surface area contributed by atoms with Crippen LogP contribution < -0.4 is 0 Å². The lowest BCUT2D eigenvalue weighted by Gasteiger charge is -2.30. The molecule has 0 unspecified atom stereocenters. The molecule has 4 atom stereocenters. The van der Waals surface area contributed by atoms with E-state index in [-0.39, 0.29) is 11.8 Å². The molecule has 2 aliphatic carbocycles. The second-order valence-electron chi connectivity index (χ2n) is 7.33. The van der Waals surface area contributed by atoms with E-state index >= 15 is 0 Å². The maximum absolute atomic E-state index is 10.7. The molecule has 3 rings (SSSR count). The molecule has 0 aliphatic heterocycles. The van der Waals surface area contributed by atoms with Crippen LogP contribution in [0.25, 0.3) is 12.2 Å². The molecular formula is C22H30O2. The molecule has 1 aromatic rings. The molecule has 0 amide bonds. The van der Waals surface area contributed by atoms with E-state index in [1.165, 1.54) is 0 Å². The molecule has 0 spiro atoms. The molecule has 2 heteroatoms. The van der Waals surface area contributed by atoms with Crippen molar-refractivity contribution in [2.75, 3.05) is 0 Å². The summed E-state index contributed by atoms with van der Waals surface area (Å²) in [6.07, 6.45) is 14.4. The Morgan fingerprint density at radius 3 is 1.54 bits per heavy atom. The molecular weight excluding hydrogens is 296 g/mol. The number of aliphatic hydroxyl groups excluding tert-OH is 2. The molecule has 130 valence electrons. The van der Waals surface area contributed by atoms with E-state index < -0.39 is 12.2 Å². The predicted molar refractivity (Wildman–Crippen MR) is 100 cm³/mol. The zero-order valence-corrected chi connectivity index (χ0v) is 14.9. The van der Waals surface area contributed by atoms with Gasteiger partial charge in [0.25, 0.3) is 0 Å². The number of hydrogen-bond acceptors (Lipinski definition) is 2. The van der Waals surface area contributed by atoms with Crippen LogP contribution in [0.1, 0.15) is 86.8 Å². The summed E-state index contributed by atoms with van der Waals surface area (Å²) < 4.78 is 0. The van der Waals surface area contributed by atoms with E-state index in [2.05, 4.69) is 50.3 Å². The number of aliphatic hydroxyl groups is 2. The van der Waals surface area contributed by atoms with E-state index in [0.29, 0.717) is 0 Å². The Balaban J connectivity index is 1.86. The Morgan fingerprint density at radius 1 is 0.750 bits per heavy atom. The van der Waals surface area contributed by atoms with Gasteiger partial charge in [-0.2, -0.15) is 0 Å². The highest BCUT2D eigenvalue weighted by Gasteiger charge is 2.29. The fourth-order valence-electron chi connectivity index (χ4n) is 3.98. The van der Waals surface area contributed by atoms with Crippen molar-refractivity contribution < 1.29 is 10.2 Å². The highest BCUT2D eigenvalue weighted by molar-refractivity contribution is 5.67. The van der Waals surface area contributed by atoms with E-state index in [1.54, 1.807) is 0 Å². The molecule has 2 N–H and O–H groups in total. The topological polar surface area (TPSA) is 40.5 Å². The van der Waals surface area contributed by atoms with Crippen molar-refractivity contribution in [3.8, 4) is 0 Å². The van der Waals surface area contributed by atoms with Gasteiger partial charge < -0.3 is 10.2 Å². The van der Waals surface area contributed by atoms with Crippen molar-refractivity contribution >= 4 is 12.2 Å². The first-order chi connectivity index (χ1) is 11.7. The molecule has 0 saturated carbocycles. The first-order valence-electron chi connectivity index (χ1n) is 9.56. The van der Waals surface area contributed by atoms with Crippen LogP contribution in [0.2, 0.25) is 0 Å². The Hall–Kier alpha value is -1.38. The molecule has 2 aliphatic rings. The highest BCUT2D eigenvalue weighted by Crippen LogP contribution is 2.41. The predicted octanol–water partition coefficient (Wildman–Crippen LogP) is 5.42. The largest absolute Gasteiger partial charge is 0.388 e. The Labute approximate surface area is 145 Å². The van der Waals surface area contributed by atoms with E-state index in [0.717, 1.165) is 60.8 Å². The average molecular weight is 326 g/mol. The molecule has 0 saturated heterocycles. The summed E-state index contributed by atoms with van der Waals surface area (Å²) in [5.41, 5.74) is 4.16. The van der Waals surface area contributed by atoms with Crippen LogP contribution in [0.3, 0.4) is 0 Å². The summed E-state index contributed by atoms with van der Waals surface area (Å²) >= 11 is 0. The van der Waals surface area contributed by atoms with Gasteiger partial charge in [-0.05, 0) is 47.2 Å². The Kier molecular flexibility index (Phi) is 5.57. The van der Waals surface area contributed by atoms with Crippen LogP contribution in [0.15, 0.2) is 24.3 Å². The maximum atomic E-state index is 10.7. The van der Waals surface area contributed by atoms with Crippen LogP contribution in [0.4, 0.5) is 0 Å². The van der Waals surface area contributed by atoms with Gasteiger partial charge in [-0.1, -0.05) is 63.8 Å². The van der Waals surface area contributed by atoms with Crippen molar-refractivity contribution in [3.05, 3.63) is 46.5 Å². The number of benzene rings is 1. The third-order valence-electron chi connectivity index (χ3n) is 5.57. The second kappa shape index (κ2) is 7.67. The molecule has 0 aromatic heterocycles. The van der Waals surface area contributed by atoms with E-state index in [4.69, 9.17) is 0 Å². The zero-order valence-electron chi connectivity index (χ0n) is 14.9. The van der Waals surface area contributed by atoms with Gasteiger partial charge in [0.15, 0.2) is 0 Å².